The quantitative estimate of drug-likeness (QED) is 0.786. The van der Waals surface area contributed by atoms with Gasteiger partial charge in [-0.15, -0.1) is 0 Å². The number of nitrogens with zero attached hydrogens (tertiary/aromatic N) is 1. The van der Waals surface area contributed by atoms with Gasteiger partial charge < -0.3 is 9.84 Å². The highest BCUT2D eigenvalue weighted by Crippen LogP contribution is 2.18. The molecule has 0 unspecified atom stereocenters. The average Bonchev–Trinajstić information content (AvgIpc) is 2.64. The van der Waals surface area contributed by atoms with E-state index in [0.717, 1.165) is 34.7 Å². The van der Waals surface area contributed by atoms with Gasteiger partial charge in [-0.05, 0) is 24.1 Å². The third kappa shape index (κ3) is 3.57. The number of hydrogen-bond acceptors (Lipinski definition) is 4. The summed E-state index contributed by atoms with van der Waals surface area (Å²) in [6.07, 6.45) is 3.23. The van der Waals surface area contributed by atoms with Crippen molar-refractivity contribution in [2.45, 2.75) is 26.3 Å². The first kappa shape index (κ1) is 14.5. The van der Waals surface area contributed by atoms with Crippen LogP contribution in [0, 0.1) is 0 Å². The fraction of sp³-hybridized carbons (Fsp3) is 0.385. The normalized spacial score (nSPS) is 16.6. The summed E-state index contributed by atoms with van der Waals surface area (Å²) in [4.78, 5) is 0. The molecule has 0 bridgehead atoms. The van der Waals surface area contributed by atoms with Crippen molar-refractivity contribution in [3.63, 3.8) is 0 Å². The van der Waals surface area contributed by atoms with Gasteiger partial charge in [0.15, 0.2) is 0 Å². The molecule has 0 saturated heterocycles. The Kier molecular flexibility index (Phi) is 4.39. The molecule has 0 aromatic heterocycles. The van der Waals surface area contributed by atoms with Crippen molar-refractivity contribution in [3.05, 3.63) is 41.9 Å². The van der Waals surface area contributed by atoms with Crippen molar-refractivity contribution >= 4 is 10.2 Å². The Bertz CT molecular complexity index is 581. The van der Waals surface area contributed by atoms with Crippen LogP contribution in [-0.4, -0.2) is 24.4 Å². The number of rotatable bonds is 6. The average molecular weight is 298 g/mol. The van der Waals surface area contributed by atoms with Crippen LogP contribution in [0.25, 0.3) is 0 Å². The third-order valence-corrected chi connectivity index (χ3v) is 4.16. The number of unbranched alkanes of at least 4 members (excludes halogenated alkanes) is 1. The predicted octanol–water partition coefficient (Wildman–Crippen LogP) is 1.87. The van der Waals surface area contributed by atoms with Crippen LogP contribution >= 0.6 is 0 Å². The summed E-state index contributed by atoms with van der Waals surface area (Å²) in [6, 6.07) is 7.23. The Morgan fingerprint density at radius 2 is 2.00 bits per heavy atom. The second-order valence-electron chi connectivity index (χ2n) is 4.51. The van der Waals surface area contributed by atoms with Gasteiger partial charge in [0.05, 0.1) is 19.4 Å². The van der Waals surface area contributed by atoms with E-state index in [0.29, 0.717) is 6.61 Å². The highest BCUT2D eigenvalue weighted by molar-refractivity contribution is 7.87. The van der Waals surface area contributed by atoms with Crippen LogP contribution in [0.3, 0.4) is 0 Å². The van der Waals surface area contributed by atoms with Gasteiger partial charge in [0, 0.05) is 0 Å². The van der Waals surface area contributed by atoms with E-state index in [1.54, 1.807) is 12.1 Å². The zero-order valence-electron chi connectivity index (χ0n) is 11.2. The maximum atomic E-state index is 11.6. The second kappa shape index (κ2) is 6.04. The molecule has 0 radical (unpaired) electrons. The molecule has 7 heteroatoms. The van der Waals surface area contributed by atoms with E-state index >= 15 is 0 Å². The Morgan fingerprint density at radius 1 is 1.30 bits per heavy atom. The monoisotopic (exact) mass is 298 g/mol. The molecule has 0 amide bonds. The molecule has 20 heavy (non-hydrogen) atoms. The predicted molar refractivity (Wildman–Crippen MR) is 75.2 cm³/mol. The fourth-order valence-corrected chi connectivity index (χ4v) is 2.75. The lowest BCUT2D eigenvalue weighted by atomic mass is 10.2. The summed E-state index contributed by atoms with van der Waals surface area (Å²) >= 11 is 0. The van der Waals surface area contributed by atoms with Crippen molar-refractivity contribution < 1.29 is 18.3 Å². The Balaban J connectivity index is 1.97. The Labute approximate surface area is 118 Å². The number of nitrogens with one attached hydrogen (secondary N) is 1. The van der Waals surface area contributed by atoms with Crippen molar-refractivity contribution in [2.75, 3.05) is 6.61 Å². The lowest BCUT2D eigenvalue weighted by molar-refractivity contribution is 0.309. The topological polar surface area (TPSA) is 78.9 Å². The molecule has 0 fully saturated rings. The van der Waals surface area contributed by atoms with Crippen LogP contribution in [0.4, 0.5) is 0 Å². The van der Waals surface area contributed by atoms with Gasteiger partial charge in [-0.1, -0.05) is 25.5 Å². The number of hydrogen-bond donors (Lipinski definition) is 2. The standard InChI is InChI=1S/C13H18N2O4S/c1-2-3-8-19-12-6-4-11(5-7-12)9-15-10-13(16)14-20(15,17)18/h4-7,10,14,16H,2-3,8-9H2,1H3. The SMILES string of the molecule is CCCCOc1ccc(CN2C=C(O)NS2(=O)=O)cc1. The molecule has 0 spiro atoms. The van der Waals surface area contributed by atoms with Gasteiger partial charge in [-0.25, -0.2) is 4.72 Å². The van der Waals surface area contributed by atoms with Crippen LogP contribution in [0.2, 0.25) is 0 Å². The lowest BCUT2D eigenvalue weighted by Gasteiger charge is -2.14. The molecule has 2 rings (SSSR count). The first-order chi connectivity index (χ1) is 9.51. The zero-order chi connectivity index (χ0) is 14.6. The molecule has 2 N–H and O–H groups in total. The van der Waals surface area contributed by atoms with Gasteiger partial charge >= 0.3 is 10.2 Å². The minimum absolute atomic E-state index is 0.161. The van der Waals surface area contributed by atoms with Crippen LogP contribution in [0.5, 0.6) is 5.75 Å². The minimum Gasteiger partial charge on any atom is -0.494 e. The minimum atomic E-state index is -3.65. The molecule has 0 atom stereocenters. The maximum absolute atomic E-state index is 11.6. The smallest absolute Gasteiger partial charge is 0.326 e. The van der Waals surface area contributed by atoms with Gasteiger partial charge in [-0.2, -0.15) is 8.42 Å². The van der Waals surface area contributed by atoms with Crippen LogP contribution in [-0.2, 0) is 16.8 Å². The molecule has 1 aliphatic rings. The van der Waals surface area contributed by atoms with Crippen molar-refractivity contribution in [1.82, 2.24) is 9.03 Å². The summed E-state index contributed by atoms with van der Waals surface area (Å²) in [5, 5.41) is 9.19. The van der Waals surface area contributed by atoms with E-state index < -0.39 is 10.2 Å². The summed E-state index contributed by atoms with van der Waals surface area (Å²) in [5.74, 6) is 0.396. The zero-order valence-corrected chi connectivity index (χ0v) is 12.1. The lowest BCUT2D eigenvalue weighted by Crippen LogP contribution is -2.29. The first-order valence-corrected chi connectivity index (χ1v) is 7.87. The van der Waals surface area contributed by atoms with Crippen LogP contribution in [0.15, 0.2) is 36.3 Å². The van der Waals surface area contributed by atoms with Crippen molar-refractivity contribution in [1.29, 1.82) is 0 Å². The first-order valence-electron chi connectivity index (χ1n) is 6.43. The molecule has 1 heterocycles. The van der Waals surface area contributed by atoms with Gasteiger partial charge in [0.1, 0.15) is 5.75 Å². The van der Waals surface area contributed by atoms with E-state index in [9.17, 15) is 13.5 Å². The maximum Gasteiger partial charge on any atom is 0.326 e. The van der Waals surface area contributed by atoms with Crippen LogP contribution in [0.1, 0.15) is 25.3 Å². The second-order valence-corrected chi connectivity index (χ2v) is 6.14. The molecular formula is C13H18N2O4S. The van der Waals surface area contributed by atoms with Crippen molar-refractivity contribution in [3.8, 4) is 5.75 Å². The summed E-state index contributed by atoms with van der Waals surface area (Å²) < 4.78 is 31.8. The molecule has 1 aliphatic heterocycles. The molecule has 6 nitrogen and oxygen atoms in total. The molecule has 110 valence electrons. The van der Waals surface area contributed by atoms with Gasteiger partial charge in [0.2, 0.25) is 5.88 Å². The molecule has 0 saturated carbocycles. The summed E-state index contributed by atoms with van der Waals surface area (Å²) in [7, 11) is -3.65. The van der Waals surface area contributed by atoms with E-state index in [2.05, 4.69) is 6.92 Å². The van der Waals surface area contributed by atoms with Gasteiger partial charge in [0.25, 0.3) is 0 Å². The summed E-state index contributed by atoms with van der Waals surface area (Å²) in [6.45, 7) is 2.94. The largest absolute Gasteiger partial charge is 0.494 e. The van der Waals surface area contributed by atoms with E-state index in [1.807, 2.05) is 16.9 Å². The highest BCUT2D eigenvalue weighted by Gasteiger charge is 2.26. The number of benzene rings is 1. The van der Waals surface area contributed by atoms with E-state index in [-0.39, 0.29) is 12.4 Å². The number of ether oxygens (including phenoxy) is 1. The molecule has 0 aliphatic carbocycles. The third-order valence-electron chi connectivity index (χ3n) is 2.84. The Hall–Kier alpha value is -1.89. The van der Waals surface area contributed by atoms with Crippen molar-refractivity contribution in [2.24, 2.45) is 0 Å². The number of aliphatic hydroxyl groups is 1. The molecular weight excluding hydrogens is 280 g/mol. The molecule has 1 aromatic carbocycles. The van der Waals surface area contributed by atoms with E-state index in [4.69, 9.17) is 4.74 Å². The fourth-order valence-electron chi connectivity index (χ4n) is 1.76. The van der Waals surface area contributed by atoms with Gasteiger partial charge in [-0.3, -0.25) is 4.31 Å². The highest BCUT2D eigenvalue weighted by atomic mass is 32.2. The van der Waals surface area contributed by atoms with Crippen LogP contribution < -0.4 is 9.46 Å². The Morgan fingerprint density at radius 3 is 2.55 bits per heavy atom. The van der Waals surface area contributed by atoms with E-state index in [1.165, 1.54) is 0 Å². The molecule has 1 aromatic rings. The summed E-state index contributed by atoms with van der Waals surface area (Å²) in [5.41, 5.74) is 0.809. The number of aliphatic hydroxyl groups excluding tert-OH is 1.